The van der Waals surface area contributed by atoms with E-state index in [1.165, 1.54) is 0 Å². The Kier molecular flexibility index (Phi) is 7.07. The first-order chi connectivity index (χ1) is 14.2. The number of carbonyl (C=O) groups is 1. The summed E-state index contributed by atoms with van der Waals surface area (Å²) < 4.78 is 16.0. The van der Waals surface area contributed by atoms with Crippen LogP contribution in [0.15, 0.2) is 54.9 Å². The SMILES string of the molecule is COCCOc1cc(-c2cn[nH]c2)ccc1NC(=O)NCc1cccc(OC)c1. The Labute approximate surface area is 169 Å². The van der Waals surface area contributed by atoms with Gasteiger partial charge in [-0.3, -0.25) is 5.10 Å². The number of nitrogens with zero attached hydrogens (tertiary/aromatic N) is 1. The quantitative estimate of drug-likeness (QED) is 0.482. The molecule has 0 fully saturated rings. The molecule has 0 saturated heterocycles. The number of methoxy groups -OCH3 is 2. The van der Waals surface area contributed by atoms with E-state index in [2.05, 4.69) is 20.8 Å². The van der Waals surface area contributed by atoms with Gasteiger partial charge in [0.15, 0.2) is 0 Å². The van der Waals surface area contributed by atoms with E-state index >= 15 is 0 Å². The molecule has 3 rings (SSSR count). The van der Waals surface area contributed by atoms with Crippen LogP contribution in [0.25, 0.3) is 11.1 Å². The first-order valence-corrected chi connectivity index (χ1v) is 9.12. The van der Waals surface area contributed by atoms with Crippen LogP contribution >= 0.6 is 0 Å². The minimum atomic E-state index is -0.333. The smallest absolute Gasteiger partial charge is 0.319 e. The van der Waals surface area contributed by atoms with Gasteiger partial charge < -0.3 is 24.8 Å². The predicted octanol–water partition coefficient (Wildman–Crippen LogP) is 3.43. The Morgan fingerprint density at radius 2 is 2.00 bits per heavy atom. The van der Waals surface area contributed by atoms with Gasteiger partial charge in [-0.2, -0.15) is 5.10 Å². The van der Waals surface area contributed by atoms with E-state index in [0.717, 1.165) is 22.4 Å². The van der Waals surface area contributed by atoms with E-state index in [4.69, 9.17) is 14.2 Å². The number of nitrogens with one attached hydrogen (secondary N) is 3. The molecule has 2 aromatic carbocycles. The number of amides is 2. The van der Waals surface area contributed by atoms with Gasteiger partial charge in [0.05, 0.1) is 25.6 Å². The lowest BCUT2D eigenvalue weighted by Gasteiger charge is -2.14. The van der Waals surface area contributed by atoms with Crippen LogP contribution in [0.1, 0.15) is 5.56 Å². The van der Waals surface area contributed by atoms with Crippen molar-refractivity contribution in [3.05, 3.63) is 60.4 Å². The molecule has 1 aromatic heterocycles. The van der Waals surface area contributed by atoms with Crippen LogP contribution in [0.5, 0.6) is 11.5 Å². The second-order valence-corrected chi connectivity index (χ2v) is 6.20. The summed E-state index contributed by atoms with van der Waals surface area (Å²) >= 11 is 0. The van der Waals surface area contributed by atoms with Gasteiger partial charge in [0.1, 0.15) is 18.1 Å². The first kappa shape index (κ1) is 20.2. The number of H-pyrrole nitrogens is 1. The van der Waals surface area contributed by atoms with Gasteiger partial charge >= 0.3 is 6.03 Å². The highest BCUT2D eigenvalue weighted by Crippen LogP contribution is 2.30. The number of hydrogen-bond acceptors (Lipinski definition) is 5. The molecule has 8 nitrogen and oxygen atoms in total. The number of ether oxygens (including phenoxy) is 3. The fourth-order valence-electron chi connectivity index (χ4n) is 2.70. The van der Waals surface area contributed by atoms with Crippen LogP contribution in [-0.2, 0) is 11.3 Å². The number of rotatable bonds is 9. The number of anilines is 1. The molecule has 0 aliphatic carbocycles. The summed E-state index contributed by atoms with van der Waals surface area (Å²) in [5.41, 5.74) is 3.35. The zero-order chi connectivity index (χ0) is 20.5. The molecule has 3 aromatic rings. The lowest BCUT2D eigenvalue weighted by molar-refractivity contribution is 0.146. The average molecular weight is 396 g/mol. The summed E-state index contributed by atoms with van der Waals surface area (Å²) in [5, 5.41) is 12.4. The highest BCUT2D eigenvalue weighted by molar-refractivity contribution is 5.91. The van der Waals surface area contributed by atoms with E-state index in [0.29, 0.717) is 31.2 Å². The molecule has 0 bridgehead atoms. The second-order valence-electron chi connectivity index (χ2n) is 6.20. The third kappa shape index (κ3) is 5.73. The van der Waals surface area contributed by atoms with Crippen LogP contribution in [0.4, 0.5) is 10.5 Å². The summed E-state index contributed by atoms with van der Waals surface area (Å²) in [6.45, 7) is 1.18. The van der Waals surface area contributed by atoms with Crippen molar-refractivity contribution in [3.63, 3.8) is 0 Å². The largest absolute Gasteiger partial charge is 0.497 e. The van der Waals surface area contributed by atoms with E-state index in [1.807, 2.05) is 36.4 Å². The summed E-state index contributed by atoms with van der Waals surface area (Å²) in [6.07, 6.45) is 3.52. The molecule has 0 spiro atoms. The van der Waals surface area contributed by atoms with Crippen LogP contribution in [0, 0.1) is 0 Å². The Hall–Kier alpha value is -3.52. The van der Waals surface area contributed by atoms with Gasteiger partial charge in [0.25, 0.3) is 0 Å². The first-order valence-electron chi connectivity index (χ1n) is 9.12. The van der Waals surface area contributed by atoms with Crippen molar-refractivity contribution in [1.82, 2.24) is 15.5 Å². The molecular formula is C21H24N4O4. The topological polar surface area (TPSA) is 97.5 Å². The zero-order valence-electron chi connectivity index (χ0n) is 16.4. The average Bonchev–Trinajstić information content (AvgIpc) is 3.28. The monoisotopic (exact) mass is 396 g/mol. The summed E-state index contributed by atoms with van der Waals surface area (Å²) in [4.78, 5) is 12.4. The molecule has 29 heavy (non-hydrogen) atoms. The van der Waals surface area contributed by atoms with Crippen molar-refractivity contribution in [2.24, 2.45) is 0 Å². The van der Waals surface area contributed by atoms with Crippen LogP contribution in [0.2, 0.25) is 0 Å². The molecule has 0 radical (unpaired) electrons. The molecule has 2 amide bonds. The third-order valence-corrected chi connectivity index (χ3v) is 4.19. The van der Waals surface area contributed by atoms with Gasteiger partial charge in [0, 0.05) is 25.4 Å². The third-order valence-electron chi connectivity index (χ3n) is 4.19. The maximum absolute atomic E-state index is 12.4. The molecule has 8 heteroatoms. The van der Waals surface area contributed by atoms with E-state index < -0.39 is 0 Å². The van der Waals surface area contributed by atoms with Crippen molar-refractivity contribution in [3.8, 4) is 22.6 Å². The predicted molar refractivity (Wildman–Crippen MR) is 110 cm³/mol. The van der Waals surface area contributed by atoms with Crippen molar-refractivity contribution < 1.29 is 19.0 Å². The standard InChI is InChI=1S/C21H24N4O4/c1-27-8-9-29-20-11-16(17-13-23-24-14-17)6-7-19(20)25-21(26)22-12-15-4-3-5-18(10-15)28-2/h3-7,10-11,13-14H,8-9,12H2,1-2H3,(H,23,24)(H2,22,25,26). The van der Waals surface area contributed by atoms with Gasteiger partial charge in [-0.1, -0.05) is 18.2 Å². The van der Waals surface area contributed by atoms with Crippen LogP contribution in [-0.4, -0.2) is 43.7 Å². The molecule has 152 valence electrons. The fourth-order valence-corrected chi connectivity index (χ4v) is 2.70. The number of carbonyl (C=O) groups excluding carboxylic acids is 1. The second kappa shape index (κ2) is 10.1. The van der Waals surface area contributed by atoms with Crippen molar-refractivity contribution in [2.45, 2.75) is 6.54 Å². The van der Waals surface area contributed by atoms with E-state index in [9.17, 15) is 4.79 Å². The maximum Gasteiger partial charge on any atom is 0.319 e. The fraction of sp³-hybridized carbons (Fsp3) is 0.238. The lowest BCUT2D eigenvalue weighted by Crippen LogP contribution is -2.28. The molecule has 0 aliphatic rings. The molecule has 0 atom stereocenters. The molecule has 0 aliphatic heterocycles. The van der Waals surface area contributed by atoms with Crippen molar-refractivity contribution in [1.29, 1.82) is 0 Å². The Bertz CT molecular complexity index is 928. The molecule has 3 N–H and O–H groups in total. The van der Waals surface area contributed by atoms with Gasteiger partial charge in [-0.15, -0.1) is 0 Å². The van der Waals surface area contributed by atoms with E-state index in [1.54, 1.807) is 32.7 Å². The Morgan fingerprint density at radius 3 is 2.76 bits per heavy atom. The van der Waals surface area contributed by atoms with Gasteiger partial charge in [0.2, 0.25) is 0 Å². The number of hydrogen-bond donors (Lipinski definition) is 3. The van der Waals surface area contributed by atoms with E-state index in [-0.39, 0.29) is 6.03 Å². The minimum absolute atomic E-state index is 0.333. The molecule has 0 unspecified atom stereocenters. The lowest BCUT2D eigenvalue weighted by atomic mass is 10.1. The van der Waals surface area contributed by atoms with Crippen LogP contribution < -0.4 is 20.1 Å². The molecule has 0 saturated carbocycles. The number of aromatic nitrogens is 2. The summed E-state index contributed by atoms with van der Waals surface area (Å²) in [7, 11) is 3.22. The maximum atomic E-state index is 12.4. The normalized spacial score (nSPS) is 10.4. The number of benzene rings is 2. The van der Waals surface area contributed by atoms with Gasteiger partial charge in [-0.25, -0.2) is 4.79 Å². The van der Waals surface area contributed by atoms with Crippen LogP contribution in [0.3, 0.4) is 0 Å². The molecular weight excluding hydrogens is 372 g/mol. The van der Waals surface area contributed by atoms with Crippen molar-refractivity contribution in [2.75, 3.05) is 32.8 Å². The summed E-state index contributed by atoms with van der Waals surface area (Å²) in [6, 6.07) is 12.7. The molecule has 1 heterocycles. The summed E-state index contributed by atoms with van der Waals surface area (Å²) in [5.74, 6) is 1.30. The highest BCUT2D eigenvalue weighted by Gasteiger charge is 2.11. The van der Waals surface area contributed by atoms with Crippen molar-refractivity contribution >= 4 is 11.7 Å². The Balaban J connectivity index is 1.68. The number of urea groups is 1. The number of aromatic amines is 1. The zero-order valence-corrected chi connectivity index (χ0v) is 16.4. The highest BCUT2D eigenvalue weighted by atomic mass is 16.5. The minimum Gasteiger partial charge on any atom is -0.497 e. The van der Waals surface area contributed by atoms with Gasteiger partial charge in [-0.05, 0) is 35.4 Å². The Morgan fingerprint density at radius 1 is 1.10 bits per heavy atom.